The molecule has 0 unspecified atom stereocenters. The van der Waals surface area contributed by atoms with E-state index in [0.29, 0.717) is 0 Å². The van der Waals surface area contributed by atoms with Gasteiger partial charge < -0.3 is 0 Å². The first-order valence-electron chi connectivity index (χ1n) is 7.04. The fraction of sp³-hybridized carbons (Fsp3) is 0.250. The second kappa shape index (κ2) is 4.93. The van der Waals surface area contributed by atoms with Crippen LogP contribution in [-0.2, 0) is 14.4 Å². The smallest absolute Gasteiger partial charge is 0.261 e. The Morgan fingerprint density at radius 2 is 1.82 bits per heavy atom. The zero-order valence-electron chi connectivity index (χ0n) is 11.9. The van der Waals surface area contributed by atoms with Gasteiger partial charge in [-0.05, 0) is 23.6 Å². The minimum atomic E-state index is -0.732. The monoisotopic (exact) mass is 314 g/mol. The number of imide groups is 1. The molecule has 22 heavy (non-hydrogen) atoms. The van der Waals surface area contributed by atoms with Gasteiger partial charge in [-0.2, -0.15) is 0 Å². The molecule has 2 amide bonds. The van der Waals surface area contributed by atoms with Gasteiger partial charge in [-0.1, -0.05) is 24.3 Å². The number of para-hydroxylation sites is 1. The molecule has 2 aliphatic heterocycles. The summed E-state index contributed by atoms with van der Waals surface area (Å²) >= 11 is 1.57. The summed E-state index contributed by atoms with van der Waals surface area (Å²) in [4.78, 5) is 32.8. The number of rotatable bonds is 2. The number of amides is 2. The predicted molar refractivity (Wildman–Crippen MR) is 82.1 cm³/mol. The summed E-state index contributed by atoms with van der Waals surface area (Å²) < 4.78 is 0. The molecule has 2 fully saturated rings. The van der Waals surface area contributed by atoms with Crippen molar-refractivity contribution in [2.75, 3.05) is 12.1 Å². The summed E-state index contributed by atoms with van der Waals surface area (Å²) in [7, 11) is 1.52. The van der Waals surface area contributed by atoms with Gasteiger partial charge in [0.05, 0.1) is 5.69 Å². The molecule has 0 bridgehead atoms. The lowest BCUT2D eigenvalue weighted by atomic mass is 9.95. The van der Waals surface area contributed by atoms with Crippen LogP contribution in [0.5, 0.6) is 0 Å². The SMILES string of the molecule is CN1C(=O)[C@@H]2[C@@H](c3cccs3)N(c3ccccc3)O[C@H]2C1=O. The average Bonchev–Trinajstić information content (AvgIpc) is 3.23. The van der Waals surface area contributed by atoms with E-state index in [0.717, 1.165) is 10.6 Å². The Morgan fingerprint density at radius 1 is 1.05 bits per heavy atom. The third-order valence-corrected chi connectivity index (χ3v) is 5.12. The number of anilines is 1. The first-order valence-corrected chi connectivity index (χ1v) is 7.92. The average molecular weight is 314 g/mol. The molecular formula is C16H14N2O3S. The first-order chi connectivity index (χ1) is 10.7. The fourth-order valence-corrected chi connectivity index (χ4v) is 3.95. The molecule has 1 aromatic heterocycles. The Kier molecular flexibility index (Phi) is 3.02. The summed E-state index contributed by atoms with van der Waals surface area (Å²) in [6, 6.07) is 13.2. The topological polar surface area (TPSA) is 49.9 Å². The Hall–Kier alpha value is -2.18. The molecule has 3 heterocycles. The number of nitrogens with zero attached hydrogens (tertiary/aromatic N) is 2. The molecule has 3 atom stereocenters. The van der Waals surface area contributed by atoms with E-state index in [-0.39, 0.29) is 17.9 Å². The predicted octanol–water partition coefficient (Wildman–Crippen LogP) is 2.22. The highest BCUT2D eigenvalue weighted by atomic mass is 32.1. The number of hydrogen-bond acceptors (Lipinski definition) is 5. The Balaban J connectivity index is 1.80. The van der Waals surface area contributed by atoms with Crippen molar-refractivity contribution in [2.45, 2.75) is 12.1 Å². The second-order valence-corrected chi connectivity index (χ2v) is 6.39. The quantitative estimate of drug-likeness (QED) is 0.798. The van der Waals surface area contributed by atoms with Crippen LogP contribution in [0.15, 0.2) is 47.8 Å². The molecule has 0 spiro atoms. The summed E-state index contributed by atoms with van der Waals surface area (Å²) in [5, 5.41) is 3.68. The van der Waals surface area contributed by atoms with Crippen molar-refractivity contribution >= 4 is 28.8 Å². The Labute approximate surface area is 131 Å². The number of carbonyl (C=O) groups excluding carboxylic acids is 2. The molecule has 1 aromatic carbocycles. The zero-order chi connectivity index (χ0) is 15.3. The van der Waals surface area contributed by atoms with Crippen LogP contribution >= 0.6 is 11.3 Å². The van der Waals surface area contributed by atoms with Crippen molar-refractivity contribution < 1.29 is 14.4 Å². The molecule has 2 aliphatic rings. The lowest BCUT2D eigenvalue weighted by Gasteiger charge is -2.26. The van der Waals surface area contributed by atoms with Crippen molar-refractivity contribution in [3.05, 3.63) is 52.7 Å². The van der Waals surface area contributed by atoms with Gasteiger partial charge in [-0.25, -0.2) is 5.06 Å². The molecule has 4 rings (SSSR count). The number of carbonyl (C=O) groups is 2. The van der Waals surface area contributed by atoms with Gasteiger partial charge in [0.25, 0.3) is 5.91 Å². The first kappa shape index (κ1) is 13.5. The highest BCUT2D eigenvalue weighted by Crippen LogP contribution is 2.47. The van der Waals surface area contributed by atoms with Crippen LogP contribution in [0.1, 0.15) is 10.9 Å². The molecule has 0 radical (unpaired) electrons. The van der Waals surface area contributed by atoms with Crippen LogP contribution in [-0.4, -0.2) is 29.9 Å². The molecular weight excluding hydrogens is 300 g/mol. The van der Waals surface area contributed by atoms with E-state index in [1.54, 1.807) is 16.4 Å². The number of thiophene rings is 1. The largest absolute Gasteiger partial charge is 0.283 e. The maximum Gasteiger partial charge on any atom is 0.261 e. The molecule has 6 heteroatoms. The van der Waals surface area contributed by atoms with Crippen molar-refractivity contribution in [2.24, 2.45) is 5.92 Å². The lowest BCUT2D eigenvalue weighted by molar-refractivity contribution is -0.141. The van der Waals surface area contributed by atoms with E-state index < -0.39 is 12.0 Å². The van der Waals surface area contributed by atoms with Gasteiger partial charge in [-0.15, -0.1) is 11.3 Å². The van der Waals surface area contributed by atoms with E-state index in [4.69, 9.17) is 4.84 Å². The molecule has 2 aromatic rings. The normalized spacial score (nSPS) is 27.6. The molecule has 5 nitrogen and oxygen atoms in total. The molecule has 0 aliphatic carbocycles. The summed E-state index contributed by atoms with van der Waals surface area (Å²) in [6.07, 6.45) is -0.732. The van der Waals surface area contributed by atoms with E-state index in [1.807, 2.05) is 47.8 Å². The van der Waals surface area contributed by atoms with Crippen molar-refractivity contribution in [3.8, 4) is 0 Å². The van der Waals surface area contributed by atoms with Gasteiger partial charge in [0, 0.05) is 11.9 Å². The highest BCUT2D eigenvalue weighted by Gasteiger charge is 2.59. The van der Waals surface area contributed by atoms with Crippen LogP contribution in [0, 0.1) is 5.92 Å². The number of benzene rings is 1. The summed E-state index contributed by atoms with van der Waals surface area (Å²) in [5.41, 5.74) is 0.846. The molecule has 0 N–H and O–H groups in total. The number of likely N-dealkylation sites (tertiary alicyclic amines) is 1. The van der Waals surface area contributed by atoms with Crippen molar-refractivity contribution in [1.29, 1.82) is 0 Å². The maximum absolute atomic E-state index is 12.5. The maximum atomic E-state index is 12.5. The van der Waals surface area contributed by atoms with E-state index in [1.165, 1.54) is 11.9 Å². The number of likely N-dealkylation sites (N-methyl/N-ethyl adjacent to an activating group) is 1. The summed E-state index contributed by atoms with van der Waals surface area (Å²) in [5.74, 6) is -0.932. The van der Waals surface area contributed by atoms with Crippen molar-refractivity contribution in [3.63, 3.8) is 0 Å². The minimum absolute atomic E-state index is 0.174. The van der Waals surface area contributed by atoms with Gasteiger partial charge in [0.2, 0.25) is 5.91 Å². The summed E-state index contributed by atoms with van der Waals surface area (Å²) in [6.45, 7) is 0. The van der Waals surface area contributed by atoms with Gasteiger partial charge in [0.1, 0.15) is 12.0 Å². The third kappa shape index (κ3) is 1.81. The van der Waals surface area contributed by atoms with E-state index in [9.17, 15) is 9.59 Å². The minimum Gasteiger partial charge on any atom is -0.283 e. The Morgan fingerprint density at radius 3 is 2.50 bits per heavy atom. The number of fused-ring (bicyclic) bond motifs is 1. The third-order valence-electron chi connectivity index (χ3n) is 4.18. The van der Waals surface area contributed by atoms with Crippen LogP contribution in [0.25, 0.3) is 0 Å². The molecule has 112 valence electrons. The number of hydrogen-bond donors (Lipinski definition) is 0. The van der Waals surface area contributed by atoms with E-state index >= 15 is 0 Å². The van der Waals surface area contributed by atoms with Gasteiger partial charge >= 0.3 is 0 Å². The van der Waals surface area contributed by atoms with Crippen LogP contribution in [0.3, 0.4) is 0 Å². The van der Waals surface area contributed by atoms with E-state index in [2.05, 4.69) is 0 Å². The Bertz CT molecular complexity index is 716. The lowest BCUT2D eigenvalue weighted by Crippen LogP contribution is -2.34. The highest BCUT2D eigenvalue weighted by molar-refractivity contribution is 7.10. The fourth-order valence-electron chi connectivity index (χ4n) is 3.10. The van der Waals surface area contributed by atoms with Gasteiger partial charge in [-0.3, -0.25) is 19.3 Å². The molecule has 2 saturated heterocycles. The number of hydroxylamine groups is 1. The second-order valence-electron chi connectivity index (χ2n) is 5.41. The van der Waals surface area contributed by atoms with Crippen LogP contribution in [0.2, 0.25) is 0 Å². The zero-order valence-corrected chi connectivity index (χ0v) is 12.7. The standard InChI is InChI=1S/C16H14N2O3S/c1-17-15(19)12-13(11-8-5-9-22-11)18(21-14(12)16(17)20)10-6-3-2-4-7-10/h2-9,12-14H,1H3/t12-,13-,14-/m1/s1. The van der Waals surface area contributed by atoms with Crippen LogP contribution in [0.4, 0.5) is 5.69 Å². The molecule has 0 saturated carbocycles. The van der Waals surface area contributed by atoms with Gasteiger partial charge in [0.15, 0.2) is 6.10 Å². The van der Waals surface area contributed by atoms with Crippen molar-refractivity contribution in [1.82, 2.24) is 4.90 Å². The van der Waals surface area contributed by atoms with Crippen LogP contribution < -0.4 is 5.06 Å².